The molecule has 0 N–H and O–H groups in total. The minimum absolute atomic E-state index is 0.00371. The molecule has 0 saturated heterocycles. The lowest BCUT2D eigenvalue weighted by Gasteiger charge is -2.00. The van der Waals surface area contributed by atoms with Crippen LogP contribution in [0.1, 0.15) is 21.6 Å². The second-order valence-corrected chi connectivity index (χ2v) is 5.10. The first-order chi connectivity index (χ1) is 10.1. The lowest BCUT2D eigenvalue weighted by Crippen LogP contribution is -1.93. The first kappa shape index (κ1) is 13.3. The van der Waals surface area contributed by atoms with Crippen LogP contribution in [-0.4, -0.2) is 15.6 Å². The molecule has 0 aliphatic heterocycles. The van der Waals surface area contributed by atoms with E-state index in [2.05, 4.69) is 5.10 Å². The van der Waals surface area contributed by atoms with Gasteiger partial charge in [0.25, 0.3) is 0 Å². The summed E-state index contributed by atoms with van der Waals surface area (Å²) in [5.74, 6) is 0.00371. The number of fused-ring (bicyclic) bond motifs is 1. The van der Waals surface area contributed by atoms with Crippen LogP contribution in [0.2, 0.25) is 0 Å². The maximum atomic E-state index is 12.3. The summed E-state index contributed by atoms with van der Waals surface area (Å²) in [7, 11) is 1.87. The number of aromatic nitrogens is 2. The zero-order valence-corrected chi connectivity index (χ0v) is 12.1. The Balaban J connectivity index is 1.88. The molecule has 0 spiro atoms. The predicted octanol–water partition coefficient (Wildman–Crippen LogP) is 3.78. The van der Waals surface area contributed by atoms with E-state index in [4.69, 9.17) is 0 Å². The van der Waals surface area contributed by atoms with Crippen LogP contribution < -0.4 is 0 Å². The van der Waals surface area contributed by atoms with E-state index in [0.29, 0.717) is 5.56 Å². The van der Waals surface area contributed by atoms with Crippen molar-refractivity contribution in [2.24, 2.45) is 7.05 Å². The molecule has 3 heteroatoms. The zero-order valence-electron chi connectivity index (χ0n) is 12.1. The Morgan fingerprint density at radius 2 is 1.90 bits per heavy atom. The highest BCUT2D eigenvalue weighted by atomic mass is 16.1. The second kappa shape index (κ2) is 5.37. The van der Waals surface area contributed by atoms with Crippen LogP contribution in [0.4, 0.5) is 0 Å². The standard InChI is InChI=1S/C18H16N2O/c1-13-17(12-20(2)19-13)9-10-18(21)16-8-7-14-5-3-4-6-15(14)11-16/h3-12H,1-2H3/b10-9+. The molecule has 3 rings (SSSR count). The molecule has 0 aliphatic carbocycles. The fraction of sp³-hybridized carbons (Fsp3) is 0.111. The topological polar surface area (TPSA) is 34.9 Å². The van der Waals surface area contributed by atoms with Gasteiger partial charge in [-0.3, -0.25) is 9.48 Å². The Bertz CT molecular complexity index is 843. The van der Waals surface area contributed by atoms with Crippen LogP contribution in [-0.2, 0) is 7.05 Å². The molecule has 0 amide bonds. The molecule has 0 aliphatic rings. The van der Waals surface area contributed by atoms with E-state index in [0.717, 1.165) is 22.0 Å². The summed E-state index contributed by atoms with van der Waals surface area (Å²) in [6.45, 7) is 1.93. The smallest absolute Gasteiger partial charge is 0.185 e. The molecule has 104 valence electrons. The van der Waals surface area contributed by atoms with Crippen molar-refractivity contribution in [1.82, 2.24) is 9.78 Å². The average molecular weight is 276 g/mol. The minimum atomic E-state index is 0.00371. The molecule has 0 atom stereocenters. The van der Waals surface area contributed by atoms with Gasteiger partial charge in [0.05, 0.1) is 5.69 Å². The molecule has 3 nitrogen and oxygen atoms in total. The fourth-order valence-electron chi connectivity index (χ4n) is 2.39. The monoisotopic (exact) mass is 276 g/mol. The number of carbonyl (C=O) groups excluding carboxylic acids is 1. The van der Waals surface area contributed by atoms with Gasteiger partial charge in [0.1, 0.15) is 0 Å². The predicted molar refractivity (Wildman–Crippen MR) is 85.3 cm³/mol. The average Bonchev–Trinajstić information content (AvgIpc) is 2.82. The highest BCUT2D eigenvalue weighted by molar-refractivity contribution is 6.08. The summed E-state index contributed by atoms with van der Waals surface area (Å²) < 4.78 is 1.75. The van der Waals surface area contributed by atoms with Crippen LogP contribution in [0.3, 0.4) is 0 Å². The number of allylic oxidation sites excluding steroid dienone is 1. The molecule has 21 heavy (non-hydrogen) atoms. The minimum Gasteiger partial charge on any atom is -0.289 e. The number of hydrogen-bond acceptors (Lipinski definition) is 2. The van der Waals surface area contributed by atoms with E-state index < -0.39 is 0 Å². The largest absolute Gasteiger partial charge is 0.289 e. The Kier molecular flexibility index (Phi) is 3.40. The van der Waals surface area contributed by atoms with E-state index in [9.17, 15) is 4.79 Å². The van der Waals surface area contributed by atoms with Gasteiger partial charge in [-0.1, -0.05) is 36.4 Å². The molecule has 2 aromatic carbocycles. The third-order valence-corrected chi connectivity index (χ3v) is 3.50. The molecule has 1 aromatic heterocycles. The zero-order chi connectivity index (χ0) is 14.8. The summed E-state index contributed by atoms with van der Waals surface area (Å²) in [5.41, 5.74) is 2.58. The number of hydrogen-bond donors (Lipinski definition) is 0. The lowest BCUT2D eigenvalue weighted by atomic mass is 10.0. The first-order valence-corrected chi connectivity index (χ1v) is 6.85. The summed E-state index contributed by atoms with van der Waals surface area (Å²) in [5, 5.41) is 6.47. The number of ketones is 1. The highest BCUT2D eigenvalue weighted by Gasteiger charge is 2.04. The maximum absolute atomic E-state index is 12.3. The molecular formula is C18H16N2O. The van der Waals surface area contributed by atoms with Crippen LogP contribution in [0.5, 0.6) is 0 Å². The van der Waals surface area contributed by atoms with Gasteiger partial charge in [-0.05, 0) is 35.9 Å². The molecule has 1 heterocycles. The number of nitrogens with zero attached hydrogens (tertiary/aromatic N) is 2. The lowest BCUT2D eigenvalue weighted by molar-refractivity contribution is 0.104. The quantitative estimate of drug-likeness (QED) is 0.539. The van der Waals surface area contributed by atoms with Crippen molar-refractivity contribution in [2.45, 2.75) is 6.92 Å². The molecule has 0 radical (unpaired) electrons. The highest BCUT2D eigenvalue weighted by Crippen LogP contribution is 2.16. The van der Waals surface area contributed by atoms with Crippen molar-refractivity contribution in [3.63, 3.8) is 0 Å². The Hall–Kier alpha value is -2.68. The van der Waals surface area contributed by atoms with Crippen LogP contribution >= 0.6 is 0 Å². The number of aryl methyl sites for hydroxylation is 2. The summed E-state index contributed by atoms with van der Waals surface area (Å²) in [6, 6.07) is 13.8. The summed E-state index contributed by atoms with van der Waals surface area (Å²) in [4.78, 5) is 12.3. The van der Waals surface area contributed by atoms with E-state index in [1.54, 1.807) is 10.8 Å². The van der Waals surface area contributed by atoms with Crippen LogP contribution in [0, 0.1) is 6.92 Å². The molecule has 0 fully saturated rings. The van der Waals surface area contributed by atoms with Gasteiger partial charge in [0.15, 0.2) is 5.78 Å². The van der Waals surface area contributed by atoms with Crippen molar-refractivity contribution in [3.8, 4) is 0 Å². The van der Waals surface area contributed by atoms with Crippen molar-refractivity contribution in [2.75, 3.05) is 0 Å². The van der Waals surface area contributed by atoms with Crippen LogP contribution in [0.25, 0.3) is 16.8 Å². The summed E-state index contributed by atoms with van der Waals surface area (Å²) in [6.07, 6.45) is 5.33. The van der Waals surface area contributed by atoms with Gasteiger partial charge >= 0.3 is 0 Å². The van der Waals surface area contributed by atoms with Gasteiger partial charge in [-0.25, -0.2) is 0 Å². The third-order valence-electron chi connectivity index (χ3n) is 3.50. The third kappa shape index (κ3) is 2.77. The number of carbonyl (C=O) groups is 1. The van der Waals surface area contributed by atoms with Gasteiger partial charge in [0, 0.05) is 24.4 Å². The molecule has 3 aromatic rings. The maximum Gasteiger partial charge on any atom is 0.185 e. The molecular weight excluding hydrogens is 260 g/mol. The molecule has 0 saturated carbocycles. The second-order valence-electron chi connectivity index (χ2n) is 5.10. The van der Waals surface area contributed by atoms with Gasteiger partial charge in [0.2, 0.25) is 0 Å². The van der Waals surface area contributed by atoms with Crippen LogP contribution in [0.15, 0.2) is 54.7 Å². The Morgan fingerprint density at radius 1 is 1.14 bits per heavy atom. The molecule has 0 bridgehead atoms. The number of rotatable bonds is 3. The normalized spacial score (nSPS) is 11.3. The van der Waals surface area contributed by atoms with Gasteiger partial charge < -0.3 is 0 Å². The fourth-order valence-corrected chi connectivity index (χ4v) is 2.39. The van der Waals surface area contributed by atoms with E-state index >= 15 is 0 Å². The van der Waals surface area contributed by atoms with E-state index in [-0.39, 0.29) is 5.78 Å². The van der Waals surface area contributed by atoms with Crippen molar-refractivity contribution < 1.29 is 4.79 Å². The SMILES string of the molecule is Cc1nn(C)cc1/C=C/C(=O)c1ccc2ccccc2c1. The van der Waals surface area contributed by atoms with E-state index in [1.165, 1.54) is 0 Å². The van der Waals surface area contributed by atoms with E-state index in [1.807, 2.05) is 68.7 Å². The van der Waals surface area contributed by atoms with Crippen molar-refractivity contribution >= 4 is 22.6 Å². The Labute approximate surface area is 123 Å². The first-order valence-electron chi connectivity index (χ1n) is 6.85. The van der Waals surface area contributed by atoms with Gasteiger partial charge in [-0.15, -0.1) is 0 Å². The van der Waals surface area contributed by atoms with Crippen molar-refractivity contribution in [3.05, 3.63) is 71.6 Å². The number of benzene rings is 2. The van der Waals surface area contributed by atoms with Crippen molar-refractivity contribution in [1.29, 1.82) is 0 Å². The van der Waals surface area contributed by atoms with Gasteiger partial charge in [-0.2, -0.15) is 5.10 Å². The molecule has 0 unspecified atom stereocenters. The Morgan fingerprint density at radius 3 is 2.62 bits per heavy atom. The summed E-state index contributed by atoms with van der Waals surface area (Å²) >= 11 is 0.